The van der Waals surface area contributed by atoms with Gasteiger partial charge in [0.1, 0.15) is 6.54 Å². The highest BCUT2D eigenvalue weighted by Gasteiger charge is 2.09. The molecule has 0 aliphatic rings. The van der Waals surface area contributed by atoms with Crippen LogP contribution in [0.15, 0.2) is 36.4 Å². The van der Waals surface area contributed by atoms with Crippen LogP contribution in [-0.2, 0) is 16.1 Å². The number of hydrogen-bond donors (Lipinski definition) is 2. The molecule has 26 heavy (non-hydrogen) atoms. The highest BCUT2D eigenvalue weighted by Crippen LogP contribution is 2.35. The summed E-state index contributed by atoms with van der Waals surface area (Å²) in [5.41, 5.74) is 6.43. The average molecular weight is 389 g/mol. The number of nitrogens with one attached hydrogen (secondary N) is 2. The first kappa shape index (κ1) is 18.2. The zero-order valence-electron chi connectivity index (χ0n) is 14.2. The second-order valence-electron chi connectivity index (χ2n) is 5.73. The van der Waals surface area contributed by atoms with Gasteiger partial charge in [-0.2, -0.15) is 5.10 Å². The van der Waals surface area contributed by atoms with E-state index in [1.807, 2.05) is 44.2 Å². The number of carbonyl (C=O) groups excluding carboxylic acids is 2. The predicted octanol–water partition coefficient (Wildman–Crippen LogP) is 3.23. The lowest BCUT2D eigenvalue weighted by Crippen LogP contribution is -2.42. The summed E-state index contributed by atoms with van der Waals surface area (Å²) >= 11 is 7.82. The number of amides is 2. The quantitative estimate of drug-likeness (QED) is 0.532. The van der Waals surface area contributed by atoms with Crippen molar-refractivity contribution in [1.82, 2.24) is 20.6 Å². The molecule has 8 heteroatoms. The molecule has 0 unspecified atom stereocenters. The Morgan fingerprint density at radius 3 is 2.73 bits per heavy atom. The van der Waals surface area contributed by atoms with E-state index in [2.05, 4.69) is 16.0 Å². The third kappa shape index (κ3) is 4.12. The van der Waals surface area contributed by atoms with Gasteiger partial charge in [-0.15, -0.1) is 11.3 Å². The molecule has 0 saturated carbocycles. The average Bonchev–Trinajstić information content (AvgIpc) is 3.10. The molecule has 2 aromatic heterocycles. The van der Waals surface area contributed by atoms with Gasteiger partial charge in [-0.25, -0.2) is 0 Å². The molecule has 6 nitrogen and oxygen atoms in total. The number of halogens is 1. The molecular weight excluding hydrogens is 372 g/mol. The number of benzene rings is 1. The van der Waals surface area contributed by atoms with Gasteiger partial charge in [-0.05, 0) is 32.1 Å². The van der Waals surface area contributed by atoms with Gasteiger partial charge in [0, 0.05) is 26.7 Å². The largest absolute Gasteiger partial charge is 0.271 e. The van der Waals surface area contributed by atoms with Crippen molar-refractivity contribution in [2.75, 3.05) is 0 Å². The first-order valence-electron chi connectivity index (χ1n) is 7.89. The summed E-state index contributed by atoms with van der Waals surface area (Å²) in [5, 5.41) is 5.77. The first-order chi connectivity index (χ1) is 12.4. The number of hydrogen-bond acceptors (Lipinski definition) is 4. The van der Waals surface area contributed by atoms with Crippen LogP contribution < -0.4 is 10.9 Å². The molecule has 0 aliphatic carbocycles. The lowest BCUT2D eigenvalue weighted by Gasteiger charge is -2.06. The van der Waals surface area contributed by atoms with Gasteiger partial charge >= 0.3 is 0 Å². The predicted molar refractivity (Wildman–Crippen MR) is 104 cm³/mol. The van der Waals surface area contributed by atoms with E-state index in [1.54, 1.807) is 10.8 Å². The van der Waals surface area contributed by atoms with Crippen LogP contribution in [0.1, 0.15) is 16.3 Å². The SMILES string of the molecule is Cc1cc(C)n(CC(=O)NNC(=O)/C=C/c2sc3ccccc3c2Cl)n1. The van der Waals surface area contributed by atoms with Crippen LogP contribution >= 0.6 is 22.9 Å². The summed E-state index contributed by atoms with van der Waals surface area (Å²) in [6.45, 7) is 3.75. The Morgan fingerprint density at radius 1 is 1.27 bits per heavy atom. The maximum absolute atomic E-state index is 11.9. The van der Waals surface area contributed by atoms with Crippen LogP contribution in [0.4, 0.5) is 0 Å². The molecule has 3 rings (SSSR count). The Hall–Kier alpha value is -2.64. The lowest BCUT2D eigenvalue weighted by atomic mass is 10.2. The highest BCUT2D eigenvalue weighted by atomic mass is 35.5. The van der Waals surface area contributed by atoms with Crippen LogP contribution in [0.25, 0.3) is 16.2 Å². The van der Waals surface area contributed by atoms with Gasteiger partial charge in [0.15, 0.2) is 0 Å². The number of aromatic nitrogens is 2. The Kier molecular flexibility index (Phi) is 5.39. The summed E-state index contributed by atoms with van der Waals surface area (Å²) in [4.78, 5) is 24.6. The topological polar surface area (TPSA) is 76.0 Å². The van der Waals surface area contributed by atoms with Crippen molar-refractivity contribution in [3.63, 3.8) is 0 Å². The van der Waals surface area contributed by atoms with Crippen LogP contribution in [0.2, 0.25) is 5.02 Å². The minimum atomic E-state index is -0.444. The molecule has 0 atom stereocenters. The molecular formula is C18H17ClN4O2S. The van der Waals surface area contributed by atoms with Gasteiger partial charge in [0.2, 0.25) is 0 Å². The molecule has 0 bridgehead atoms. The number of nitrogens with zero attached hydrogens (tertiary/aromatic N) is 2. The molecule has 0 spiro atoms. The Bertz CT molecular complexity index is 1010. The summed E-state index contributed by atoms with van der Waals surface area (Å²) < 4.78 is 2.62. The Morgan fingerprint density at radius 2 is 2.04 bits per heavy atom. The fourth-order valence-electron chi connectivity index (χ4n) is 2.48. The molecule has 0 saturated heterocycles. The molecule has 2 N–H and O–H groups in total. The van der Waals surface area contributed by atoms with Crippen molar-refractivity contribution in [1.29, 1.82) is 0 Å². The molecule has 0 fully saturated rings. The van der Waals surface area contributed by atoms with Crippen molar-refractivity contribution in [2.24, 2.45) is 0 Å². The zero-order chi connectivity index (χ0) is 18.7. The van der Waals surface area contributed by atoms with Crippen molar-refractivity contribution < 1.29 is 9.59 Å². The van der Waals surface area contributed by atoms with Gasteiger partial charge in [-0.1, -0.05) is 29.8 Å². The second kappa shape index (κ2) is 7.72. The molecule has 0 radical (unpaired) electrons. The van der Waals surface area contributed by atoms with Crippen LogP contribution in [0.5, 0.6) is 0 Å². The van der Waals surface area contributed by atoms with E-state index < -0.39 is 5.91 Å². The summed E-state index contributed by atoms with van der Waals surface area (Å²) in [6, 6.07) is 9.64. The fraction of sp³-hybridized carbons (Fsp3) is 0.167. The van der Waals surface area contributed by atoms with E-state index in [-0.39, 0.29) is 12.5 Å². The molecule has 3 aromatic rings. The normalized spacial score (nSPS) is 11.2. The standard InChI is InChI=1S/C18H17ClN4O2S/c1-11-9-12(2)23(22-11)10-17(25)21-20-16(24)8-7-15-18(19)13-5-3-4-6-14(13)26-15/h3-9H,10H2,1-2H3,(H,20,24)(H,21,25)/b8-7+. The maximum Gasteiger partial charge on any atom is 0.262 e. The van der Waals surface area contributed by atoms with Crippen molar-refractivity contribution in [3.05, 3.63) is 57.7 Å². The molecule has 134 valence electrons. The van der Waals surface area contributed by atoms with Crippen LogP contribution in [0, 0.1) is 13.8 Å². The third-order valence-electron chi connectivity index (χ3n) is 3.67. The van der Waals surface area contributed by atoms with Crippen LogP contribution in [-0.4, -0.2) is 21.6 Å². The number of thiophene rings is 1. The van der Waals surface area contributed by atoms with E-state index in [9.17, 15) is 9.59 Å². The summed E-state index contributed by atoms with van der Waals surface area (Å²) in [7, 11) is 0. The van der Waals surface area contributed by atoms with Crippen molar-refractivity contribution >= 4 is 50.9 Å². The molecule has 2 amide bonds. The fourth-order valence-corrected chi connectivity index (χ4v) is 3.87. The van der Waals surface area contributed by atoms with Gasteiger partial charge in [0.25, 0.3) is 11.8 Å². The maximum atomic E-state index is 11.9. The minimum Gasteiger partial charge on any atom is -0.271 e. The van der Waals surface area contributed by atoms with Crippen molar-refractivity contribution in [3.8, 4) is 0 Å². The Balaban J connectivity index is 1.56. The summed E-state index contributed by atoms with van der Waals surface area (Å²) in [6.07, 6.45) is 2.97. The number of hydrazine groups is 1. The summed E-state index contributed by atoms with van der Waals surface area (Å²) in [5.74, 6) is -0.807. The zero-order valence-corrected chi connectivity index (χ0v) is 15.8. The number of fused-ring (bicyclic) bond motifs is 1. The second-order valence-corrected chi connectivity index (χ2v) is 7.19. The van der Waals surface area contributed by atoms with Gasteiger partial charge in [0.05, 0.1) is 10.7 Å². The molecule has 1 aromatic carbocycles. The lowest BCUT2D eigenvalue weighted by molar-refractivity contribution is -0.127. The minimum absolute atomic E-state index is 0.0335. The molecule has 0 aliphatic heterocycles. The van der Waals surface area contributed by atoms with E-state index in [0.717, 1.165) is 26.4 Å². The monoisotopic (exact) mass is 388 g/mol. The number of rotatable bonds is 4. The van der Waals surface area contributed by atoms with Gasteiger partial charge in [-0.3, -0.25) is 25.1 Å². The van der Waals surface area contributed by atoms with E-state index in [4.69, 9.17) is 11.6 Å². The van der Waals surface area contributed by atoms with Crippen molar-refractivity contribution in [2.45, 2.75) is 20.4 Å². The Labute approximate surface area is 159 Å². The van der Waals surface area contributed by atoms with E-state index in [0.29, 0.717) is 5.02 Å². The highest BCUT2D eigenvalue weighted by molar-refractivity contribution is 7.20. The van der Waals surface area contributed by atoms with Gasteiger partial charge < -0.3 is 0 Å². The third-order valence-corrected chi connectivity index (χ3v) is 5.32. The first-order valence-corrected chi connectivity index (χ1v) is 9.08. The van der Waals surface area contributed by atoms with Crippen LogP contribution in [0.3, 0.4) is 0 Å². The smallest absolute Gasteiger partial charge is 0.262 e. The molecule has 2 heterocycles. The van der Waals surface area contributed by atoms with E-state index in [1.165, 1.54) is 17.4 Å². The number of aryl methyl sites for hydroxylation is 2. The van der Waals surface area contributed by atoms with E-state index >= 15 is 0 Å². The number of carbonyl (C=O) groups is 2.